The van der Waals surface area contributed by atoms with Gasteiger partial charge in [-0.25, -0.2) is 0 Å². The maximum atomic E-state index is 11.5. The molecule has 0 bridgehead atoms. The standard InChI is InChI=1S/C11H7N3O5S/c12-11-13-10(15)8(20-11)3-5-1-6(14(16)17)9-7(2-5)18-4-19-9/h1-3H,4H2,(H2,12,13,15)/b8-3-. The summed E-state index contributed by atoms with van der Waals surface area (Å²) >= 11 is 0.958. The van der Waals surface area contributed by atoms with Gasteiger partial charge in [-0.15, -0.1) is 0 Å². The van der Waals surface area contributed by atoms with E-state index in [-0.39, 0.29) is 29.1 Å². The topological polar surface area (TPSA) is 115 Å². The van der Waals surface area contributed by atoms with Gasteiger partial charge < -0.3 is 14.8 Å². The minimum absolute atomic E-state index is 0.0245. The van der Waals surface area contributed by atoms with Gasteiger partial charge in [-0.1, -0.05) is 0 Å². The number of thioether (sulfide) groups is 1. The number of rotatable bonds is 2. The largest absolute Gasteiger partial charge is 0.453 e. The van der Waals surface area contributed by atoms with Gasteiger partial charge in [-0.05, 0) is 29.5 Å². The second-order valence-corrected chi connectivity index (χ2v) is 4.98. The maximum absolute atomic E-state index is 11.5. The smallest absolute Gasteiger partial charge is 0.315 e. The lowest BCUT2D eigenvalue weighted by molar-refractivity contribution is -0.385. The van der Waals surface area contributed by atoms with Crippen LogP contribution in [-0.2, 0) is 4.79 Å². The fraction of sp³-hybridized carbons (Fsp3) is 0.0909. The van der Waals surface area contributed by atoms with Crippen LogP contribution in [0.2, 0.25) is 0 Å². The molecule has 102 valence electrons. The fourth-order valence-corrected chi connectivity index (χ4v) is 2.53. The SMILES string of the molecule is N=C1NC(=O)/C(=C/c2cc3c(c([N+](=O)[O-])c2)OCO3)S1. The molecule has 1 amide bonds. The Morgan fingerprint density at radius 3 is 2.90 bits per heavy atom. The Kier molecular flexibility index (Phi) is 2.83. The average molecular weight is 293 g/mol. The molecule has 1 aromatic rings. The van der Waals surface area contributed by atoms with Crippen LogP contribution >= 0.6 is 11.8 Å². The van der Waals surface area contributed by atoms with E-state index in [1.807, 2.05) is 0 Å². The predicted octanol–water partition coefficient (Wildman–Crippen LogP) is 1.46. The van der Waals surface area contributed by atoms with Crippen molar-refractivity contribution in [3.8, 4) is 11.5 Å². The fourth-order valence-electron chi connectivity index (χ4n) is 1.82. The number of nitrogens with zero attached hydrogens (tertiary/aromatic N) is 1. The minimum atomic E-state index is -0.570. The van der Waals surface area contributed by atoms with Crippen LogP contribution in [0.15, 0.2) is 17.0 Å². The zero-order valence-corrected chi connectivity index (χ0v) is 10.7. The summed E-state index contributed by atoms with van der Waals surface area (Å²) < 4.78 is 10.2. The molecule has 3 rings (SSSR count). The summed E-state index contributed by atoms with van der Waals surface area (Å²) in [7, 11) is 0. The number of carbonyl (C=O) groups is 1. The number of carbonyl (C=O) groups excluding carboxylic acids is 1. The average Bonchev–Trinajstić information content (AvgIpc) is 2.95. The molecule has 0 atom stereocenters. The zero-order valence-electron chi connectivity index (χ0n) is 9.84. The van der Waals surface area contributed by atoms with Crippen LogP contribution in [0.25, 0.3) is 6.08 Å². The highest BCUT2D eigenvalue weighted by atomic mass is 32.2. The number of amidine groups is 1. The Morgan fingerprint density at radius 1 is 1.45 bits per heavy atom. The van der Waals surface area contributed by atoms with Crippen molar-refractivity contribution in [3.05, 3.63) is 32.7 Å². The highest BCUT2D eigenvalue weighted by Crippen LogP contribution is 2.42. The molecule has 2 N–H and O–H groups in total. The van der Waals surface area contributed by atoms with E-state index in [1.165, 1.54) is 12.1 Å². The van der Waals surface area contributed by atoms with E-state index in [1.54, 1.807) is 6.07 Å². The number of nitro benzene ring substituents is 1. The van der Waals surface area contributed by atoms with Crippen molar-refractivity contribution in [2.75, 3.05) is 6.79 Å². The van der Waals surface area contributed by atoms with Gasteiger partial charge in [0.05, 0.1) is 9.83 Å². The zero-order chi connectivity index (χ0) is 14.3. The van der Waals surface area contributed by atoms with Crippen molar-refractivity contribution < 1.29 is 19.2 Å². The van der Waals surface area contributed by atoms with Gasteiger partial charge in [-0.2, -0.15) is 0 Å². The van der Waals surface area contributed by atoms with E-state index in [4.69, 9.17) is 14.9 Å². The summed E-state index contributed by atoms with van der Waals surface area (Å²) in [5, 5.41) is 20.7. The molecule has 20 heavy (non-hydrogen) atoms. The molecule has 0 aliphatic carbocycles. The third-order valence-corrected chi connectivity index (χ3v) is 3.46. The minimum Gasteiger partial charge on any atom is -0.453 e. The molecule has 0 spiro atoms. The summed E-state index contributed by atoms with van der Waals surface area (Å²) in [4.78, 5) is 22.2. The number of hydrogen-bond donors (Lipinski definition) is 2. The number of benzene rings is 1. The Morgan fingerprint density at radius 2 is 2.25 bits per heavy atom. The van der Waals surface area contributed by atoms with E-state index in [0.717, 1.165) is 11.8 Å². The van der Waals surface area contributed by atoms with Crippen molar-refractivity contribution in [2.24, 2.45) is 0 Å². The first-order valence-corrected chi connectivity index (χ1v) is 6.24. The summed E-state index contributed by atoms with van der Waals surface area (Å²) in [6, 6.07) is 2.86. The van der Waals surface area contributed by atoms with Crippen molar-refractivity contribution in [1.29, 1.82) is 5.41 Å². The van der Waals surface area contributed by atoms with E-state index >= 15 is 0 Å². The number of hydrogen-bond acceptors (Lipinski definition) is 7. The molecule has 0 unspecified atom stereocenters. The molecule has 0 saturated carbocycles. The predicted molar refractivity (Wildman–Crippen MR) is 70.7 cm³/mol. The molecule has 2 aliphatic heterocycles. The van der Waals surface area contributed by atoms with E-state index in [9.17, 15) is 14.9 Å². The first kappa shape index (κ1) is 12.5. The van der Waals surface area contributed by atoms with Gasteiger partial charge in [0.15, 0.2) is 10.9 Å². The number of amides is 1. The van der Waals surface area contributed by atoms with Crippen LogP contribution in [-0.4, -0.2) is 22.8 Å². The van der Waals surface area contributed by atoms with Gasteiger partial charge in [0, 0.05) is 6.07 Å². The summed E-state index contributed by atoms with van der Waals surface area (Å²) in [5.41, 5.74) is 0.221. The molecule has 1 aromatic carbocycles. The second-order valence-electron chi connectivity index (χ2n) is 3.92. The van der Waals surface area contributed by atoms with Gasteiger partial charge in [0.25, 0.3) is 5.91 Å². The number of fused-ring (bicyclic) bond motifs is 1. The lowest BCUT2D eigenvalue weighted by Crippen LogP contribution is -2.18. The summed E-state index contributed by atoms with van der Waals surface area (Å²) in [6.45, 7) is -0.0733. The molecule has 1 fully saturated rings. The van der Waals surface area contributed by atoms with E-state index in [0.29, 0.717) is 10.5 Å². The van der Waals surface area contributed by atoms with Crippen LogP contribution in [0, 0.1) is 15.5 Å². The number of nitrogens with one attached hydrogen (secondary N) is 2. The first-order chi connectivity index (χ1) is 9.54. The third kappa shape index (κ3) is 2.07. The normalized spacial score (nSPS) is 18.5. The van der Waals surface area contributed by atoms with Crippen molar-refractivity contribution in [1.82, 2.24) is 5.32 Å². The summed E-state index contributed by atoms with van der Waals surface area (Å²) in [5.74, 6) is -0.0433. The van der Waals surface area contributed by atoms with Crippen molar-refractivity contribution >= 4 is 34.6 Å². The van der Waals surface area contributed by atoms with Crippen LogP contribution in [0.3, 0.4) is 0 Å². The number of ether oxygens (including phenoxy) is 2. The lowest BCUT2D eigenvalue weighted by Gasteiger charge is -2.01. The lowest BCUT2D eigenvalue weighted by atomic mass is 10.1. The van der Waals surface area contributed by atoms with E-state index < -0.39 is 10.8 Å². The van der Waals surface area contributed by atoms with Gasteiger partial charge >= 0.3 is 5.69 Å². The first-order valence-electron chi connectivity index (χ1n) is 5.42. The molecule has 1 saturated heterocycles. The number of nitro groups is 1. The molecule has 0 radical (unpaired) electrons. The summed E-state index contributed by atoms with van der Waals surface area (Å²) in [6.07, 6.45) is 1.47. The molecule has 0 aromatic heterocycles. The monoisotopic (exact) mass is 293 g/mol. The molecular formula is C11H7N3O5S. The Hall–Kier alpha value is -2.55. The highest BCUT2D eigenvalue weighted by molar-refractivity contribution is 8.18. The molecule has 2 heterocycles. The van der Waals surface area contributed by atoms with Crippen molar-refractivity contribution in [3.63, 3.8) is 0 Å². The van der Waals surface area contributed by atoms with Crippen LogP contribution < -0.4 is 14.8 Å². The second kappa shape index (κ2) is 4.53. The van der Waals surface area contributed by atoms with Crippen LogP contribution in [0.5, 0.6) is 11.5 Å². The Bertz CT molecular complexity index is 685. The molecule has 8 nitrogen and oxygen atoms in total. The molecule has 2 aliphatic rings. The third-order valence-electron chi connectivity index (χ3n) is 2.63. The maximum Gasteiger partial charge on any atom is 0.315 e. The van der Waals surface area contributed by atoms with Crippen molar-refractivity contribution in [2.45, 2.75) is 0 Å². The molecule has 9 heteroatoms. The van der Waals surface area contributed by atoms with E-state index in [2.05, 4.69) is 5.32 Å². The van der Waals surface area contributed by atoms with Crippen LogP contribution in [0.4, 0.5) is 5.69 Å². The van der Waals surface area contributed by atoms with Gasteiger partial charge in [0.2, 0.25) is 12.5 Å². The Labute approximate surface area is 116 Å². The van der Waals surface area contributed by atoms with Gasteiger partial charge in [-0.3, -0.25) is 20.3 Å². The molecular weight excluding hydrogens is 286 g/mol. The highest BCUT2D eigenvalue weighted by Gasteiger charge is 2.28. The Balaban J connectivity index is 2.05. The quantitative estimate of drug-likeness (QED) is 0.484. The van der Waals surface area contributed by atoms with Crippen LogP contribution in [0.1, 0.15) is 5.56 Å². The van der Waals surface area contributed by atoms with Gasteiger partial charge in [0.1, 0.15) is 0 Å².